The molecule has 1 aromatic heterocycles. The number of hydrogen-bond acceptors (Lipinski definition) is 4. The van der Waals surface area contributed by atoms with Gasteiger partial charge in [-0.05, 0) is 68.6 Å². The molecular formula is C18H24N2O2S. The molecule has 0 unspecified atom stereocenters. The van der Waals surface area contributed by atoms with Crippen molar-refractivity contribution in [1.29, 1.82) is 0 Å². The van der Waals surface area contributed by atoms with E-state index in [0.29, 0.717) is 6.04 Å². The fraction of sp³-hybridized carbons (Fsp3) is 0.500. The van der Waals surface area contributed by atoms with Crippen molar-refractivity contribution in [2.45, 2.75) is 45.3 Å². The highest BCUT2D eigenvalue weighted by molar-refractivity contribution is 7.17. The van der Waals surface area contributed by atoms with Gasteiger partial charge >= 0.3 is 6.09 Å². The van der Waals surface area contributed by atoms with E-state index in [1.54, 1.807) is 11.3 Å². The Balaban J connectivity index is 1.53. The Morgan fingerprint density at radius 2 is 2.00 bits per heavy atom. The van der Waals surface area contributed by atoms with Crippen molar-refractivity contribution in [3.8, 4) is 0 Å². The number of carbonyl (C=O) groups is 1. The summed E-state index contributed by atoms with van der Waals surface area (Å²) in [6, 6.07) is 9.06. The van der Waals surface area contributed by atoms with Crippen molar-refractivity contribution in [1.82, 2.24) is 4.90 Å². The molecule has 124 valence electrons. The molecule has 3 rings (SSSR count). The maximum Gasteiger partial charge on any atom is 0.410 e. The molecule has 0 atom stereocenters. The number of fused-ring (bicyclic) bond motifs is 1. The van der Waals surface area contributed by atoms with E-state index in [1.807, 2.05) is 25.7 Å². The third-order valence-corrected chi connectivity index (χ3v) is 4.87. The summed E-state index contributed by atoms with van der Waals surface area (Å²) >= 11 is 1.76. The van der Waals surface area contributed by atoms with Crippen LogP contribution in [0.5, 0.6) is 0 Å². The van der Waals surface area contributed by atoms with Gasteiger partial charge in [-0.15, -0.1) is 11.3 Å². The quantitative estimate of drug-likeness (QED) is 0.866. The van der Waals surface area contributed by atoms with Gasteiger partial charge in [-0.1, -0.05) is 0 Å². The van der Waals surface area contributed by atoms with Crippen LogP contribution in [0.3, 0.4) is 0 Å². The lowest BCUT2D eigenvalue weighted by Gasteiger charge is -2.34. The first kappa shape index (κ1) is 16.1. The van der Waals surface area contributed by atoms with Crippen LogP contribution in [0.25, 0.3) is 10.1 Å². The van der Waals surface area contributed by atoms with Crippen LogP contribution in [0.15, 0.2) is 29.6 Å². The van der Waals surface area contributed by atoms with E-state index in [-0.39, 0.29) is 6.09 Å². The highest BCUT2D eigenvalue weighted by atomic mass is 32.1. The van der Waals surface area contributed by atoms with Gasteiger partial charge in [0.25, 0.3) is 0 Å². The zero-order valence-corrected chi connectivity index (χ0v) is 14.8. The number of thiophene rings is 1. The number of likely N-dealkylation sites (tertiary alicyclic amines) is 1. The number of carbonyl (C=O) groups excluding carboxylic acids is 1. The number of anilines is 1. The largest absolute Gasteiger partial charge is 0.444 e. The van der Waals surface area contributed by atoms with Crippen molar-refractivity contribution in [2.75, 3.05) is 18.4 Å². The second kappa shape index (κ2) is 6.40. The molecule has 1 aliphatic rings. The highest BCUT2D eigenvalue weighted by Gasteiger charge is 2.26. The lowest BCUT2D eigenvalue weighted by molar-refractivity contribution is 0.0210. The van der Waals surface area contributed by atoms with E-state index < -0.39 is 5.60 Å². The van der Waals surface area contributed by atoms with Gasteiger partial charge in [-0.25, -0.2) is 4.79 Å². The predicted molar refractivity (Wildman–Crippen MR) is 96.3 cm³/mol. The van der Waals surface area contributed by atoms with Crippen molar-refractivity contribution >= 4 is 33.2 Å². The third kappa shape index (κ3) is 4.16. The number of amides is 1. The van der Waals surface area contributed by atoms with Gasteiger partial charge in [0.15, 0.2) is 0 Å². The van der Waals surface area contributed by atoms with E-state index in [0.717, 1.165) is 31.6 Å². The SMILES string of the molecule is CC(C)(C)OC(=O)N1CCC(Nc2ccc3sccc3c2)CC1. The van der Waals surface area contributed by atoms with Crippen molar-refractivity contribution < 1.29 is 9.53 Å². The van der Waals surface area contributed by atoms with E-state index in [9.17, 15) is 4.79 Å². The Bertz CT molecular complexity index is 682. The van der Waals surface area contributed by atoms with Crippen molar-refractivity contribution in [3.05, 3.63) is 29.6 Å². The topological polar surface area (TPSA) is 41.6 Å². The summed E-state index contributed by atoms with van der Waals surface area (Å²) in [6.45, 7) is 7.19. The molecule has 2 aromatic rings. The minimum absolute atomic E-state index is 0.198. The number of nitrogens with one attached hydrogen (secondary N) is 1. The molecule has 23 heavy (non-hydrogen) atoms. The summed E-state index contributed by atoms with van der Waals surface area (Å²) in [6.07, 6.45) is 1.69. The molecule has 0 spiro atoms. The first-order chi connectivity index (χ1) is 10.9. The predicted octanol–water partition coefficient (Wildman–Crippen LogP) is 4.71. The van der Waals surface area contributed by atoms with E-state index in [2.05, 4.69) is 35.0 Å². The highest BCUT2D eigenvalue weighted by Crippen LogP contribution is 2.25. The number of rotatable bonds is 2. The Labute approximate surface area is 141 Å². The summed E-state index contributed by atoms with van der Waals surface area (Å²) in [7, 11) is 0. The van der Waals surface area contributed by atoms with Crippen molar-refractivity contribution in [2.24, 2.45) is 0 Å². The summed E-state index contributed by atoms with van der Waals surface area (Å²) in [5.74, 6) is 0. The zero-order valence-electron chi connectivity index (χ0n) is 14.0. The van der Waals surface area contributed by atoms with Crippen LogP contribution < -0.4 is 5.32 Å². The molecule has 4 nitrogen and oxygen atoms in total. The molecule has 1 amide bonds. The normalized spacial score (nSPS) is 16.6. The van der Waals surface area contributed by atoms with Crippen LogP contribution in [0.4, 0.5) is 10.5 Å². The summed E-state index contributed by atoms with van der Waals surface area (Å²) < 4.78 is 6.75. The minimum atomic E-state index is -0.428. The fourth-order valence-corrected chi connectivity index (χ4v) is 3.60. The molecule has 0 radical (unpaired) electrons. The molecule has 1 N–H and O–H groups in total. The number of piperidine rings is 1. The van der Waals surface area contributed by atoms with Gasteiger partial charge in [0, 0.05) is 29.5 Å². The average molecular weight is 332 g/mol. The minimum Gasteiger partial charge on any atom is -0.444 e. The first-order valence-corrected chi connectivity index (χ1v) is 9.00. The molecule has 1 fully saturated rings. The van der Waals surface area contributed by atoms with Crippen LogP contribution in [0, 0.1) is 0 Å². The van der Waals surface area contributed by atoms with Gasteiger partial charge in [-0.2, -0.15) is 0 Å². The molecule has 0 saturated carbocycles. The molecule has 5 heteroatoms. The average Bonchev–Trinajstić information content (AvgIpc) is 2.94. The lowest BCUT2D eigenvalue weighted by atomic mass is 10.0. The zero-order chi connectivity index (χ0) is 16.4. The molecular weight excluding hydrogens is 308 g/mol. The van der Waals surface area contributed by atoms with E-state index in [1.165, 1.54) is 10.1 Å². The molecule has 1 saturated heterocycles. The number of ether oxygens (including phenoxy) is 1. The molecule has 0 bridgehead atoms. The van der Waals surface area contributed by atoms with E-state index >= 15 is 0 Å². The maximum absolute atomic E-state index is 12.1. The number of benzene rings is 1. The Hall–Kier alpha value is -1.75. The van der Waals surface area contributed by atoms with Crippen LogP contribution >= 0.6 is 11.3 Å². The smallest absolute Gasteiger partial charge is 0.410 e. The monoisotopic (exact) mass is 332 g/mol. The summed E-state index contributed by atoms with van der Waals surface area (Å²) in [4.78, 5) is 13.9. The number of nitrogens with zero attached hydrogens (tertiary/aromatic N) is 1. The van der Waals surface area contributed by atoms with Gasteiger partial charge in [0.05, 0.1) is 0 Å². The maximum atomic E-state index is 12.1. The third-order valence-electron chi connectivity index (χ3n) is 3.97. The van der Waals surface area contributed by atoms with E-state index in [4.69, 9.17) is 4.74 Å². The number of hydrogen-bond donors (Lipinski definition) is 1. The van der Waals surface area contributed by atoms with Gasteiger partial charge < -0.3 is 15.0 Å². The summed E-state index contributed by atoms with van der Waals surface area (Å²) in [5.41, 5.74) is 0.730. The van der Waals surface area contributed by atoms with Crippen molar-refractivity contribution in [3.63, 3.8) is 0 Å². The standard InChI is InChI=1S/C18H24N2O2S/c1-18(2,3)22-17(21)20-9-6-14(7-10-20)19-15-4-5-16-13(12-15)8-11-23-16/h4-5,8,11-12,14,19H,6-7,9-10H2,1-3H3. The second-order valence-corrected chi connectivity index (χ2v) is 8.01. The van der Waals surface area contributed by atoms with Gasteiger partial charge in [0.1, 0.15) is 5.60 Å². The lowest BCUT2D eigenvalue weighted by Crippen LogP contribution is -2.44. The first-order valence-electron chi connectivity index (χ1n) is 8.12. The van der Waals surface area contributed by atoms with Gasteiger partial charge in [0.2, 0.25) is 0 Å². The second-order valence-electron chi connectivity index (χ2n) is 7.06. The molecule has 2 heterocycles. The molecule has 0 aliphatic carbocycles. The van der Waals surface area contributed by atoms with Crippen LogP contribution in [-0.2, 0) is 4.74 Å². The van der Waals surface area contributed by atoms with Crippen LogP contribution in [0.1, 0.15) is 33.6 Å². The van der Waals surface area contributed by atoms with Gasteiger partial charge in [-0.3, -0.25) is 0 Å². The molecule has 1 aliphatic heterocycles. The Kier molecular flexibility index (Phi) is 4.48. The fourth-order valence-electron chi connectivity index (χ4n) is 2.83. The van der Waals surface area contributed by atoms with Crippen LogP contribution in [-0.4, -0.2) is 35.7 Å². The Morgan fingerprint density at radius 3 is 2.70 bits per heavy atom. The molecule has 1 aromatic carbocycles. The Morgan fingerprint density at radius 1 is 1.26 bits per heavy atom. The van der Waals surface area contributed by atoms with Crippen LogP contribution in [0.2, 0.25) is 0 Å². The summed E-state index contributed by atoms with van der Waals surface area (Å²) in [5, 5.41) is 7.00.